The van der Waals surface area contributed by atoms with Gasteiger partial charge in [-0.05, 0) is 26.8 Å². The van der Waals surface area contributed by atoms with Gasteiger partial charge < -0.3 is 19.5 Å². The van der Waals surface area contributed by atoms with Crippen molar-refractivity contribution in [1.82, 2.24) is 5.32 Å². The summed E-state index contributed by atoms with van der Waals surface area (Å²) in [5.74, 6) is 1.59. The lowest BCUT2D eigenvalue weighted by Gasteiger charge is -2.23. The zero-order valence-electron chi connectivity index (χ0n) is 12.6. The maximum atomic E-state index is 5.56. The molecule has 0 saturated heterocycles. The molecular formula is C15H25NO3. The molecule has 4 heteroatoms. The zero-order chi connectivity index (χ0) is 14.3. The summed E-state index contributed by atoms with van der Waals surface area (Å²) in [6.45, 7) is 8.18. The maximum absolute atomic E-state index is 5.56. The third kappa shape index (κ3) is 4.73. The molecule has 0 unspecified atom stereocenters. The number of ether oxygens (including phenoxy) is 3. The largest absolute Gasteiger partial charge is 0.493 e. The van der Waals surface area contributed by atoms with Crippen molar-refractivity contribution in [2.45, 2.75) is 32.9 Å². The first-order valence-corrected chi connectivity index (χ1v) is 6.58. The minimum atomic E-state index is -0.176. The molecule has 108 valence electrons. The zero-order valence-corrected chi connectivity index (χ0v) is 12.6. The topological polar surface area (TPSA) is 39.7 Å². The van der Waals surface area contributed by atoms with Crippen molar-refractivity contribution in [2.75, 3.05) is 27.4 Å². The second-order valence-corrected chi connectivity index (χ2v) is 4.95. The average molecular weight is 267 g/mol. The molecule has 1 N–H and O–H groups in total. The Bertz CT molecular complexity index is 391. The van der Waals surface area contributed by atoms with Gasteiger partial charge in [-0.1, -0.05) is 12.1 Å². The van der Waals surface area contributed by atoms with Gasteiger partial charge in [0.15, 0.2) is 11.5 Å². The first kappa shape index (κ1) is 15.8. The van der Waals surface area contributed by atoms with E-state index in [9.17, 15) is 0 Å². The highest BCUT2D eigenvalue weighted by atomic mass is 16.5. The molecule has 0 atom stereocenters. The maximum Gasteiger partial charge on any atom is 0.165 e. The second-order valence-electron chi connectivity index (χ2n) is 4.95. The van der Waals surface area contributed by atoms with Gasteiger partial charge in [0.25, 0.3) is 0 Å². The molecule has 0 amide bonds. The molecule has 0 aliphatic heterocycles. The Morgan fingerprint density at radius 1 is 1.21 bits per heavy atom. The molecule has 0 heterocycles. The first-order chi connectivity index (χ1) is 9.04. The van der Waals surface area contributed by atoms with Crippen molar-refractivity contribution in [3.8, 4) is 11.5 Å². The van der Waals surface area contributed by atoms with E-state index < -0.39 is 0 Å². The van der Waals surface area contributed by atoms with Crippen LogP contribution < -0.4 is 14.8 Å². The van der Waals surface area contributed by atoms with E-state index in [0.717, 1.165) is 30.2 Å². The van der Waals surface area contributed by atoms with Crippen LogP contribution in [0.3, 0.4) is 0 Å². The number of hydrogen-bond donors (Lipinski definition) is 1. The van der Waals surface area contributed by atoms with Crippen LogP contribution in [0.4, 0.5) is 0 Å². The van der Waals surface area contributed by atoms with Crippen LogP contribution in [-0.2, 0) is 11.3 Å². The van der Waals surface area contributed by atoms with E-state index in [0.29, 0.717) is 6.61 Å². The van der Waals surface area contributed by atoms with Crippen LogP contribution in [0.5, 0.6) is 11.5 Å². The highest BCUT2D eigenvalue weighted by molar-refractivity contribution is 5.46. The van der Waals surface area contributed by atoms with Gasteiger partial charge in [0, 0.05) is 25.8 Å². The number of rotatable bonds is 8. The summed E-state index contributed by atoms with van der Waals surface area (Å²) in [4.78, 5) is 0. The van der Waals surface area contributed by atoms with Crippen LogP contribution >= 0.6 is 0 Å². The summed E-state index contributed by atoms with van der Waals surface area (Å²) in [5.41, 5.74) is 0.908. The van der Waals surface area contributed by atoms with Gasteiger partial charge in [-0.3, -0.25) is 0 Å². The van der Waals surface area contributed by atoms with Crippen molar-refractivity contribution >= 4 is 0 Å². The molecule has 4 nitrogen and oxygen atoms in total. The Labute approximate surface area is 116 Å². The van der Waals surface area contributed by atoms with Gasteiger partial charge in [-0.15, -0.1) is 0 Å². The minimum Gasteiger partial charge on any atom is -0.493 e. The third-order valence-corrected chi connectivity index (χ3v) is 2.98. The van der Waals surface area contributed by atoms with Crippen LogP contribution in [0.15, 0.2) is 18.2 Å². The van der Waals surface area contributed by atoms with Gasteiger partial charge in [0.2, 0.25) is 0 Å². The van der Waals surface area contributed by atoms with E-state index in [1.165, 1.54) is 0 Å². The monoisotopic (exact) mass is 267 g/mol. The lowest BCUT2D eigenvalue weighted by Crippen LogP contribution is -2.36. The molecule has 1 aromatic carbocycles. The van der Waals surface area contributed by atoms with Crippen LogP contribution in [0.25, 0.3) is 0 Å². The number of benzene rings is 1. The van der Waals surface area contributed by atoms with Crippen molar-refractivity contribution in [3.63, 3.8) is 0 Å². The van der Waals surface area contributed by atoms with Crippen molar-refractivity contribution in [3.05, 3.63) is 23.8 Å². The standard InChI is InChI=1S/C15H25NO3/c1-6-19-13-9-7-8-12(14(13)17-4)10-16-11-15(2,3)18-5/h7-9,16H,6,10-11H2,1-5H3. The van der Waals surface area contributed by atoms with Gasteiger partial charge >= 0.3 is 0 Å². The average Bonchev–Trinajstić information content (AvgIpc) is 2.39. The summed E-state index contributed by atoms with van der Waals surface area (Å²) >= 11 is 0. The summed E-state index contributed by atoms with van der Waals surface area (Å²) in [6, 6.07) is 5.94. The molecule has 0 aromatic heterocycles. The Kier molecular flexibility index (Phi) is 6.12. The quantitative estimate of drug-likeness (QED) is 0.786. The molecule has 19 heavy (non-hydrogen) atoms. The molecule has 0 aliphatic carbocycles. The Balaban J connectivity index is 2.70. The highest BCUT2D eigenvalue weighted by Gasteiger charge is 2.16. The Hall–Kier alpha value is -1.26. The molecule has 1 rings (SSSR count). The van der Waals surface area contributed by atoms with Crippen LogP contribution in [0.1, 0.15) is 26.3 Å². The van der Waals surface area contributed by atoms with E-state index in [-0.39, 0.29) is 5.60 Å². The number of methoxy groups -OCH3 is 2. The summed E-state index contributed by atoms with van der Waals surface area (Å²) in [5, 5.41) is 3.38. The summed E-state index contributed by atoms with van der Waals surface area (Å²) < 4.78 is 16.4. The molecule has 0 bridgehead atoms. The van der Waals surface area contributed by atoms with Gasteiger partial charge in [0.1, 0.15) is 0 Å². The molecule has 0 saturated carbocycles. The molecule has 0 radical (unpaired) electrons. The predicted octanol–water partition coefficient (Wildman–Crippen LogP) is 2.61. The predicted molar refractivity (Wildman–Crippen MR) is 77.0 cm³/mol. The lowest BCUT2D eigenvalue weighted by molar-refractivity contribution is 0.0230. The smallest absolute Gasteiger partial charge is 0.165 e. The third-order valence-electron chi connectivity index (χ3n) is 2.98. The normalized spacial score (nSPS) is 11.4. The molecular weight excluding hydrogens is 242 g/mol. The van der Waals surface area contributed by atoms with Crippen LogP contribution in [0, 0.1) is 0 Å². The molecule has 0 aliphatic rings. The van der Waals surface area contributed by atoms with Gasteiger partial charge in [0.05, 0.1) is 19.3 Å². The molecule has 0 fully saturated rings. The van der Waals surface area contributed by atoms with Gasteiger partial charge in [-0.2, -0.15) is 0 Å². The fourth-order valence-corrected chi connectivity index (χ4v) is 1.77. The summed E-state index contributed by atoms with van der Waals surface area (Å²) in [7, 11) is 3.39. The van der Waals surface area contributed by atoms with Crippen molar-refractivity contribution in [1.29, 1.82) is 0 Å². The number of nitrogens with one attached hydrogen (secondary N) is 1. The van der Waals surface area contributed by atoms with Crippen LogP contribution in [-0.4, -0.2) is 33.0 Å². The first-order valence-electron chi connectivity index (χ1n) is 6.58. The SMILES string of the molecule is CCOc1cccc(CNCC(C)(C)OC)c1OC. The van der Waals surface area contributed by atoms with Gasteiger partial charge in [-0.25, -0.2) is 0 Å². The van der Waals surface area contributed by atoms with E-state index >= 15 is 0 Å². The minimum absolute atomic E-state index is 0.176. The number of para-hydroxylation sites is 1. The molecule has 0 spiro atoms. The van der Waals surface area contributed by atoms with E-state index in [1.54, 1.807) is 14.2 Å². The van der Waals surface area contributed by atoms with Crippen molar-refractivity contribution in [2.24, 2.45) is 0 Å². The van der Waals surface area contributed by atoms with Crippen LogP contribution in [0.2, 0.25) is 0 Å². The van der Waals surface area contributed by atoms with E-state index in [2.05, 4.69) is 5.32 Å². The fourth-order valence-electron chi connectivity index (χ4n) is 1.77. The lowest BCUT2D eigenvalue weighted by atomic mass is 10.1. The number of hydrogen-bond acceptors (Lipinski definition) is 4. The molecule has 1 aromatic rings. The summed E-state index contributed by atoms with van der Waals surface area (Å²) in [6.07, 6.45) is 0. The highest BCUT2D eigenvalue weighted by Crippen LogP contribution is 2.30. The van der Waals surface area contributed by atoms with E-state index in [4.69, 9.17) is 14.2 Å². The van der Waals surface area contributed by atoms with E-state index in [1.807, 2.05) is 39.0 Å². The van der Waals surface area contributed by atoms with Crippen molar-refractivity contribution < 1.29 is 14.2 Å². The second kappa shape index (κ2) is 7.36. The Morgan fingerprint density at radius 3 is 2.53 bits per heavy atom. The fraction of sp³-hybridized carbons (Fsp3) is 0.600. The Morgan fingerprint density at radius 2 is 1.95 bits per heavy atom.